The van der Waals surface area contributed by atoms with Crippen LogP contribution in [0.4, 0.5) is 4.79 Å². The lowest BCUT2D eigenvalue weighted by atomic mass is 9.92. The van der Waals surface area contributed by atoms with E-state index < -0.39 is 23.2 Å². The molecule has 1 atom stereocenters. The van der Waals surface area contributed by atoms with Crippen molar-refractivity contribution in [1.82, 2.24) is 10.2 Å². The largest absolute Gasteiger partial charge is 0.467 e. The summed E-state index contributed by atoms with van der Waals surface area (Å²) in [6, 6.07) is 0. The Morgan fingerprint density at radius 1 is 1.35 bits per heavy atom. The Morgan fingerprint density at radius 2 is 2.00 bits per heavy atom. The van der Waals surface area contributed by atoms with Crippen LogP contribution in [0.1, 0.15) is 40.0 Å². The summed E-state index contributed by atoms with van der Waals surface area (Å²) in [7, 11) is 1.30. The van der Waals surface area contributed by atoms with Crippen LogP contribution in [0.25, 0.3) is 0 Å². The Labute approximate surface area is 137 Å². The molecule has 0 aliphatic carbocycles. The molecule has 0 saturated carbocycles. The number of ether oxygens (including phenoxy) is 2. The molecule has 23 heavy (non-hydrogen) atoms. The number of nitrogens with zero attached hydrogens (tertiary/aromatic N) is 1. The van der Waals surface area contributed by atoms with E-state index in [2.05, 4.69) is 11.9 Å². The maximum Gasteiger partial charge on any atom is 0.408 e. The van der Waals surface area contributed by atoms with Crippen molar-refractivity contribution in [2.75, 3.05) is 20.2 Å². The molecular weight excluding hydrogens is 300 g/mol. The van der Waals surface area contributed by atoms with Crippen molar-refractivity contribution in [2.24, 2.45) is 0 Å². The predicted octanol–water partition coefficient (Wildman–Crippen LogP) is 1.62. The lowest BCUT2D eigenvalue weighted by Crippen LogP contribution is -2.55. The third-order valence-electron chi connectivity index (χ3n) is 3.62. The van der Waals surface area contributed by atoms with Gasteiger partial charge in [0.1, 0.15) is 17.7 Å². The van der Waals surface area contributed by atoms with E-state index in [0.29, 0.717) is 25.8 Å². The van der Waals surface area contributed by atoms with Gasteiger partial charge in [-0.3, -0.25) is 4.79 Å². The van der Waals surface area contributed by atoms with Crippen molar-refractivity contribution in [3.8, 4) is 0 Å². The summed E-state index contributed by atoms with van der Waals surface area (Å²) in [6.07, 6.45) is 2.46. The molecule has 0 bridgehead atoms. The zero-order valence-corrected chi connectivity index (χ0v) is 14.3. The van der Waals surface area contributed by atoms with Gasteiger partial charge in [0.25, 0.3) is 0 Å². The number of carbonyl (C=O) groups is 3. The molecule has 1 aliphatic rings. The van der Waals surface area contributed by atoms with Crippen molar-refractivity contribution in [3.05, 3.63) is 12.7 Å². The van der Waals surface area contributed by atoms with Gasteiger partial charge in [0.2, 0.25) is 5.91 Å². The second kappa shape index (κ2) is 7.48. The first-order valence-corrected chi connectivity index (χ1v) is 7.63. The normalized spacial score (nSPS) is 20.8. The second-order valence-electron chi connectivity index (χ2n) is 6.52. The van der Waals surface area contributed by atoms with Gasteiger partial charge in [0, 0.05) is 6.54 Å². The smallest absolute Gasteiger partial charge is 0.408 e. The van der Waals surface area contributed by atoms with E-state index in [9.17, 15) is 14.4 Å². The van der Waals surface area contributed by atoms with Gasteiger partial charge in [-0.15, -0.1) is 6.58 Å². The molecule has 1 N–H and O–H groups in total. The number of hydrogen-bond acceptors (Lipinski definition) is 5. The van der Waals surface area contributed by atoms with Crippen LogP contribution in [0.5, 0.6) is 0 Å². The van der Waals surface area contributed by atoms with Crippen LogP contribution in [-0.4, -0.2) is 54.2 Å². The summed E-state index contributed by atoms with van der Waals surface area (Å²) >= 11 is 0. The van der Waals surface area contributed by atoms with Gasteiger partial charge in [0.05, 0.1) is 7.11 Å². The molecule has 0 aromatic heterocycles. The molecule has 0 aromatic rings. The van der Waals surface area contributed by atoms with Gasteiger partial charge < -0.3 is 19.7 Å². The minimum atomic E-state index is -1.02. The summed E-state index contributed by atoms with van der Waals surface area (Å²) in [4.78, 5) is 37.7. The van der Waals surface area contributed by atoms with Gasteiger partial charge in [-0.1, -0.05) is 6.08 Å². The average molecular weight is 326 g/mol. The third-order valence-corrected chi connectivity index (χ3v) is 3.62. The first-order chi connectivity index (χ1) is 10.7. The van der Waals surface area contributed by atoms with Crippen LogP contribution in [0.15, 0.2) is 12.7 Å². The van der Waals surface area contributed by atoms with Gasteiger partial charge in [-0.25, -0.2) is 9.59 Å². The first kappa shape index (κ1) is 19.0. The molecule has 1 unspecified atom stereocenters. The standard InChI is InChI=1S/C16H26N2O5/c1-6-8-16(13(20)22-5)9-7-10-18(16)12(19)11-17-14(21)23-15(2,3)4/h6H,1,7-11H2,2-5H3,(H,17,21). The molecule has 1 fully saturated rings. The zero-order valence-electron chi connectivity index (χ0n) is 14.3. The fourth-order valence-electron chi connectivity index (χ4n) is 2.74. The van der Waals surface area contributed by atoms with E-state index in [0.717, 1.165) is 0 Å². The third kappa shape index (κ3) is 4.71. The van der Waals surface area contributed by atoms with Crippen LogP contribution in [0.3, 0.4) is 0 Å². The molecule has 7 heteroatoms. The lowest BCUT2D eigenvalue weighted by Gasteiger charge is -2.35. The number of methoxy groups -OCH3 is 1. The first-order valence-electron chi connectivity index (χ1n) is 7.63. The Kier molecular flexibility index (Phi) is 6.18. The van der Waals surface area contributed by atoms with Gasteiger partial charge in [0.15, 0.2) is 0 Å². The fourth-order valence-corrected chi connectivity index (χ4v) is 2.74. The zero-order chi connectivity index (χ0) is 17.7. The minimum absolute atomic E-state index is 0.231. The van der Waals surface area contributed by atoms with Gasteiger partial charge >= 0.3 is 12.1 Å². The number of esters is 1. The van der Waals surface area contributed by atoms with Crippen molar-refractivity contribution in [1.29, 1.82) is 0 Å². The van der Waals surface area contributed by atoms with Crippen LogP contribution in [-0.2, 0) is 19.1 Å². The van der Waals surface area contributed by atoms with Crippen LogP contribution >= 0.6 is 0 Å². The SMILES string of the molecule is C=CCC1(C(=O)OC)CCCN1C(=O)CNC(=O)OC(C)(C)C. The average Bonchev–Trinajstić information content (AvgIpc) is 2.87. The van der Waals surface area contributed by atoms with Gasteiger partial charge in [-0.2, -0.15) is 0 Å². The van der Waals surface area contributed by atoms with E-state index in [1.165, 1.54) is 12.0 Å². The van der Waals surface area contributed by atoms with E-state index in [4.69, 9.17) is 9.47 Å². The highest BCUT2D eigenvalue weighted by Gasteiger charge is 2.49. The number of hydrogen-bond donors (Lipinski definition) is 1. The van der Waals surface area contributed by atoms with E-state index in [1.54, 1.807) is 26.8 Å². The highest BCUT2D eigenvalue weighted by atomic mass is 16.6. The lowest BCUT2D eigenvalue weighted by molar-refractivity contribution is -0.158. The fraction of sp³-hybridized carbons (Fsp3) is 0.688. The Hall–Kier alpha value is -2.05. The summed E-state index contributed by atoms with van der Waals surface area (Å²) in [5, 5.41) is 2.42. The predicted molar refractivity (Wildman–Crippen MR) is 84.7 cm³/mol. The van der Waals surface area contributed by atoms with Crippen molar-refractivity contribution >= 4 is 18.0 Å². The summed E-state index contributed by atoms with van der Waals surface area (Å²) in [6.45, 7) is 9.08. The summed E-state index contributed by atoms with van der Waals surface area (Å²) < 4.78 is 9.96. The maximum absolute atomic E-state index is 12.4. The number of carbonyl (C=O) groups excluding carboxylic acids is 3. The summed E-state index contributed by atoms with van der Waals surface area (Å²) in [5.41, 5.74) is -1.66. The topological polar surface area (TPSA) is 84.9 Å². The Balaban J connectivity index is 2.75. The molecule has 7 nitrogen and oxygen atoms in total. The molecule has 1 heterocycles. The molecule has 1 aliphatic heterocycles. The maximum atomic E-state index is 12.4. The molecule has 0 radical (unpaired) electrons. The highest BCUT2D eigenvalue weighted by Crippen LogP contribution is 2.34. The summed E-state index contributed by atoms with van der Waals surface area (Å²) in [5.74, 6) is -0.805. The van der Waals surface area contributed by atoms with Crippen molar-refractivity contribution in [3.63, 3.8) is 0 Å². The van der Waals surface area contributed by atoms with Gasteiger partial charge in [-0.05, 0) is 40.0 Å². The van der Waals surface area contributed by atoms with Crippen molar-refractivity contribution in [2.45, 2.75) is 51.2 Å². The van der Waals surface area contributed by atoms with Crippen LogP contribution in [0, 0.1) is 0 Å². The number of likely N-dealkylation sites (tertiary alicyclic amines) is 1. The molecule has 1 saturated heterocycles. The molecule has 130 valence electrons. The van der Waals surface area contributed by atoms with E-state index in [1.807, 2.05) is 0 Å². The highest BCUT2D eigenvalue weighted by molar-refractivity contribution is 5.90. The van der Waals surface area contributed by atoms with Crippen LogP contribution < -0.4 is 5.32 Å². The Bertz CT molecular complexity index is 483. The minimum Gasteiger partial charge on any atom is -0.467 e. The van der Waals surface area contributed by atoms with E-state index >= 15 is 0 Å². The number of nitrogens with one attached hydrogen (secondary N) is 1. The Morgan fingerprint density at radius 3 is 2.52 bits per heavy atom. The monoisotopic (exact) mass is 326 g/mol. The number of amides is 2. The second-order valence-corrected chi connectivity index (χ2v) is 6.52. The van der Waals surface area contributed by atoms with Crippen LogP contribution in [0.2, 0.25) is 0 Å². The van der Waals surface area contributed by atoms with E-state index in [-0.39, 0.29) is 12.5 Å². The molecule has 0 spiro atoms. The molecule has 1 rings (SSSR count). The molecule has 0 aromatic carbocycles. The quantitative estimate of drug-likeness (QED) is 0.613. The number of alkyl carbamates (subject to hydrolysis) is 1. The molecule has 2 amide bonds. The molecular formula is C16H26N2O5. The van der Waals surface area contributed by atoms with Crippen molar-refractivity contribution < 1.29 is 23.9 Å². The number of rotatable bonds is 5.